The van der Waals surface area contributed by atoms with Crippen molar-refractivity contribution in [1.82, 2.24) is 0 Å². The normalized spacial score (nSPS) is 9.40. The Bertz CT molecular complexity index is 42.2. The van der Waals surface area contributed by atoms with Gasteiger partial charge in [0, 0.05) is 0 Å². The van der Waals surface area contributed by atoms with Crippen LogP contribution in [-0.4, -0.2) is 30.9 Å². The van der Waals surface area contributed by atoms with Gasteiger partial charge in [0.2, 0.25) is 0 Å². The van der Waals surface area contributed by atoms with E-state index in [1.54, 1.807) is 0 Å². The van der Waals surface area contributed by atoms with Crippen molar-refractivity contribution in [2.24, 2.45) is 0 Å². The van der Waals surface area contributed by atoms with Crippen LogP contribution in [0.4, 0.5) is 0 Å². The molecule has 0 aliphatic rings. The first-order valence-corrected chi connectivity index (χ1v) is 3.87. The van der Waals surface area contributed by atoms with Crippen molar-refractivity contribution in [3.05, 3.63) is 0 Å². The van der Waals surface area contributed by atoms with Gasteiger partial charge >= 0.3 is 37.1 Å². The van der Waals surface area contributed by atoms with E-state index in [1.807, 2.05) is 0 Å². The van der Waals surface area contributed by atoms with E-state index in [1.165, 1.54) is 7.11 Å². The molecule has 0 saturated heterocycles. The molecule has 0 aromatic carbocycles. The van der Waals surface area contributed by atoms with E-state index in [2.05, 4.69) is 3.10 Å². The minimum atomic E-state index is -3.13. The molecule has 0 rings (SSSR count). The molecule has 0 heterocycles. The molecule has 0 saturated carbocycles. The molecule has 0 unspecified atom stereocenters. The quantitative estimate of drug-likeness (QED) is 0.544. The third-order valence-corrected chi connectivity index (χ3v) is 0.956. The summed E-state index contributed by atoms with van der Waals surface area (Å²) in [5.41, 5.74) is 0. The van der Waals surface area contributed by atoms with Crippen LogP contribution in [0.2, 0.25) is 0 Å². The van der Waals surface area contributed by atoms with Gasteiger partial charge in [0.15, 0.2) is 0 Å². The van der Waals surface area contributed by atoms with Gasteiger partial charge in [-0.1, -0.05) is 0 Å². The molecular weight excluding hydrogens is 188 g/mol. The summed E-state index contributed by atoms with van der Waals surface area (Å²) >= 11 is -3.13. The van der Waals surface area contributed by atoms with Crippen LogP contribution in [0.3, 0.4) is 0 Å². The summed E-state index contributed by atoms with van der Waals surface area (Å²) < 4.78 is 21.1. The van der Waals surface area contributed by atoms with Crippen molar-refractivity contribution in [2.75, 3.05) is 7.11 Å². The van der Waals surface area contributed by atoms with Gasteiger partial charge in [-0.2, -0.15) is 0 Å². The maximum absolute atomic E-state index is 9.40. The fourth-order valence-corrected chi connectivity index (χ4v) is 0. The molecule has 0 bridgehead atoms. The van der Waals surface area contributed by atoms with E-state index in [-0.39, 0.29) is 0 Å². The molecule has 32 valence electrons. The number of hydrogen-bond donors (Lipinski definition) is 1. The van der Waals surface area contributed by atoms with Gasteiger partial charge < -0.3 is 0 Å². The number of rotatable bonds is 1. The Morgan fingerprint density at radius 2 is 2.20 bits per heavy atom. The second kappa shape index (κ2) is 2.73. The summed E-state index contributed by atoms with van der Waals surface area (Å²) in [4.78, 5) is 0. The first-order valence-electron chi connectivity index (χ1n) is 0.924. The van der Waals surface area contributed by atoms with Crippen LogP contribution >= 0.6 is 0 Å². The van der Waals surface area contributed by atoms with Crippen LogP contribution in [0.25, 0.3) is 0 Å². The Balaban J connectivity index is 2.85. The summed E-state index contributed by atoms with van der Waals surface area (Å²) in [7, 11) is 1.21. The molecular formula is CH4O3Te. The third-order valence-electron chi connectivity index (χ3n) is 0.143. The Labute approximate surface area is 37.7 Å². The van der Waals surface area contributed by atoms with Gasteiger partial charge in [-0.25, -0.2) is 0 Å². The van der Waals surface area contributed by atoms with Crippen molar-refractivity contribution in [3.8, 4) is 0 Å². The molecule has 0 aliphatic heterocycles. The number of hydrogen-bond acceptors (Lipinski definition) is 2. The molecule has 0 fully saturated rings. The third kappa shape index (κ3) is 4.51. The first-order chi connectivity index (χ1) is 2.27. The molecule has 0 aromatic rings. The minimum absolute atomic E-state index is 1.21. The second-order valence-corrected chi connectivity index (χ2v) is 2.57. The molecule has 0 aromatic heterocycles. The van der Waals surface area contributed by atoms with Crippen molar-refractivity contribution in [2.45, 2.75) is 0 Å². The second-order valence-electron chi connectivity index (χ2n) is 0.384. The van der Waals surface area contributed by atoms with Gasteiger partial charge in [0.1, 0.15) is 0 Å². The Hall–Kier alpha value is 0.510. The van der Waals surface area contributed by atoms with E-state index in [4.69, 9.17) is 3.47 Å². The molecule has 4 heteroatoms. The van der Waals surface area contributed by atoms with Crippen molar-refractivity contribution < 1.29 is 9.68 Å². The summed E-state index contributed by atoms with van der Waals surface area (Å²) in [5, 5.41) is 0. The molecule has 0 radical (unpaired) electrons. The monoisotopic (exact) mass is 194 g/mol. The van der Waals surface area contributed by atoms with Crippen LogP contribution in [0, 0.1) is 0 Å². The SMILES string of the molecule is CO[Te](=O)O. The van der Waals surface area contributed by atoms with Gasteiger partial charge in [-0.15, -0.1) is 0 Å². The van der Waals surface area contributed by atoms with Crippen LogP contribution in [0.15, 0.2) is 0 Å². The maximum atomic E-state index is 9.40. The van der Waals surface area contributed by atoms with Crippen LogP contribution in [0.5, 0.6) is 0 Å². The van der Waals surface area contributed by atoms with Gasteiger partial charge in [0.05, 0.1) is 0 Å². The molecule has 3 nitrogen and oxygen atoms in total. The average molecular weight is 192 g/mol. The first kappa shape index (κ1) is 5.51. The van der Waals surface area contributed by atoms with Crippen LogP contribution in [0.1, 0.15) is 0 Å². The molecule has 0 spiro atoms. The predicted octanol–water partition coefficient (Wildman–Crippen LogP) is -0.960. The van der Waals surface area contributed by atoms with Crippen LogP contribution < -0.4 is 0 Å². The van der Waals surface area contributed by atoms with E-state index >= 15 is 0 Å². The predicted molar refractivity (Wildman–Crippen MR) is 15.7 cm³/mol. The summed E-state index contributed by atoms with van der Waals surface area (Å²) in [6.45, 7) is 0. The van der Waals surface area contributed by atoms with Crippen molar-refractivity contribution in [3.63, 3.8) is 0 Å². The molecule has 0 atom stereocenters. The van der Waals surface area contributed by atoms with Crippen molar-refractivity contribution >= 4 is 20.4 Å². The fraction of sp³-hybridized carbons (Fsp3) is 1.00. The van der Waals surface area contributed by atoms with E-state index in [0.717, 1.165) is 0 Å². The van der Waals surface area contributed by atoms with E-state index < -0.39 is 20.4 Å². The van der Waals surface area contributed by atoms with Gasteiger partial charge in [0.25, 0.3) is 0 Å². The summed E-state index contributed by atoms with van der Waals surface area (Å²) in [5.74, 6) is 0. The fourth-order valence-electron chi connectivity index (χ4n) is 0. The Kier molecular flexibility index (Phi) is 3.01. The van der Waals surface area contributed by atoms with Crippen LogP contribution in [-0.2, 0) is 6.21 Å². The Morgan fingerprint density at radius 1 is 2.00 bits per heavy atom. The summed E-state index contributed by atoms with van der Waals surface area (Å²) in [6, 6.07) is 0. The summed E-state index contributed by atoms with van der Waals surface area (Å²) in [6.07, 6.45) is 0. The molecule has 0 aliphatic carbocycles. The standard InChI is InChI=1S/CH4O3Te/c1-4-5(2)3/h1H3,(H,2,3). The Morgan fingerprint density at radius 3 is 2.20 bits per heavy atom. The molecule has 0 amide bonds. The zero-order valence-corrected chi connectivity index (χ0v) is 5.00. The van der Waals surface area contributed by atoms with E-state index in [9.17, 15) is 3.10 Å². The zero-order chi connectivity index (χ0) is 4.28. The van der Waals surface area contributed by atoms with Gasteiger partial charge in [-0.05, 0) is 0 Å². The van der Waals surface area contributed by atoms with Crippen molar-refractivity contribution in [1.29, 1.82) is 0 Å². The molecule has 5 heavy (non-hydrogen) atoms. The van der Waals surface area contributed by atoms with E-state index in [0.29, 0.717) is 0 Å². The average Bonchev–Trinajstić information content (AvgIpc) is 1.38. The molecule has 1 N–H and O–H groups in total. The zero-order valence-electron chi connectivity index (χ0n) is 2.67. The van der Waals surface area contributed by atoms with Gasteiger partial charge in [-0.3, -0.25) is 0 Å². The topological polar surface area (TPSA) is 46.5 Å².